The second kappa shape index (κ2) is 14.9. The van der Waals surface area contributed by atoms with Gasteiger partial charge in [0.15, 0.2) is 5.54 Å². The first kappa shape index (κ1) is 33.5. The summed E-state index contributed by atoms with van der Waals surface area (Å²) in [5.74, 6) is -0.998. The topological polar surface area (TPSA) is 155 Å². The van der Waals surface area contributed by atoms with E-state index in [4.69, 9.17) is 9.47 Å². The van der Waals surface area contributed by atoms with Crippen LogP contribution in [-0.4, -0.2) is 63.4 Å². The van der Waals surface area contributed by atoms with E-state index < -0.39 is 29.6 Å². The Morgan fingerprint density at radius 2 is 1.53 bits per heavy atom. The second-order valence-corrected chi connectivity index (χ2v) is 12.7. The van der Waals surface area contributed by atoms with Gasteiger partial charge in [-0.15, -0.1) is 0 Å². The predicted molar refractivity (Wildman–Crippen MR) is 191 cm³/mol. The van der Waals surface area contributed by atoms with Crippen LogP contribution in [0.2, 0.25) is 0 Å². The fourth-order valence-corrected chi connectivity index (χ4v) is 6.52. The average molecular weight is 687 g/mol. The van der Waals surface area contributed by atoms with Crippen LogP contribution in [0.25, 0.3) is 22.3 Å². The Hall–Kier alpha value is -6.01. The van der Waals surface area contributed by atoms with Crippen molar-refractivity contribution in [2.24, 2.45) is 0 Å². The van der Waals surface area contributed by atoms with Gasteiger partial charge in [0.2, 0.25) is 5.91 Å². The molecule has 12 nitrogen and oxygen atoms in total. The highest BCUT2D eigenvalue weighted by Gasteiger charge is 2.49. The number of aromatic nitrogens is 2. The molecule has 12 heteroatoms. The largest absolute Gasteiger partial charge is 0.459 e. The molecule has 0 unspecified atom stereocenters. The highest BCUT2D eigenvalue weighted by molar-refractivity contribution is 6.13. The molecule has 0 aliphatic carbocycles. The fraction of sp³-hybridized carbons (Fsp3) is 0.256. The van der Waals surface area contributed by atoms with E-state index in [-0.39, 0.29) is 19.1 Å². The zero-order chi connectivity index (χ0) is 35.2. The number of aromatic amines is 1. The van der Waals surface area contributed by atoms with E-state index in [0.717, 1.165) is 27.9 Å². The van der Waals surface area contributed by atoms with Gasteiger partial charge in [-0.3, -0.25) is 19.8 Å². The summed E-state index contributed by atoms with van der Waals surface area (Å²) in [5.41, 5.74) is 3.87. The van der Waals surface area contributed by atoms with Crippen molar-refractivity contribution in [3.05, 3.63) is 114 Å². The maximum atomic E-state index is 13.4. The van der Waals surface area contributed by atoms with Crippen LogP contribution in [0.1, 0.15) is 36.8 Å². The van der Waals surface area contributed by atoms with E-state index in [2.05, 4.69) is 25.9 Å². The average Bonchev–Trinajstić information content (AvgIpc) is 3.95. The first-order valence-corrected chi connectivity index (χ1v) is 17.0. The molecule has 0 bridgehead atoms. The Morgan fingerprint density at radius 1 is 0.824 bits per heavy atom. The van der Waals surface area contributed by atoms with Gasteiger partial charge in [-0.2, -0.15) is 0 Å². The maximum absolute atomic E-state index is 13.4. The van der Waals surface area contributed by atoms with Crippen LogP contribution in [-0.2, 0) is 37.1 Å². The van der Waals surface area contributed by atoms with E-state index in [9.17, 15) is 19.2 Å². The number of pyridine rings is 1. The van der Waals surface area contributed by atoms with Crippen molar-refractivity contribution in [3.63, 3.8) is 0 Å². The molecule has 2 aliphatic rings. The number of hydrogen-bond acceptors (Lipinski definition) is 8. The Balaban J connectivity index is 0.968. The number of rotatable bonds is 10. The molecule has 5 aromatic rings. The molecule has 0 spiro atoms. The number of hydrogen-bond donors (Lipinski definition) is 4. The molecule has 2 aliphatic heterocycles. The third-order valence-corrected chi connectivity index (χ3v) is 9.28. The summed E-state index contributed by atoms with van der Waals surface area (Å²) < 4.78 is 11.0. The number of benzene rings is 3. The van der Waals surface area contributed by atoms with Crippen molar-refractivity contribution >= 4 is 46.4 Å². The van der Waals surface area contributed by atoms with Crippen molar-refractivity contribution in [2.45, 2.75) is 50.5 Å². The molecule has 4 N–H and O–H groups in total. The summed E-state index contributed by atoms with van der Waals surface area (Å²) >= 11 is 0. The number of nitrogens with zero attached hydrogens (tertiary/aromatic N) is 2. The molecule has 51 heavy (non-hydrogen) atoms. The van der Waals surface area contributed by atoms with E-state index in [1.165, 1.54) is 4.90 Å². The first-order chi connectivity index (χ1) is 24.9. The van der Waals surface area contributed by atoms with Crippen LogP contribution in [0.4, 0.5) is 16.3 Å². The van der Waals surface area contributed by atoms with E-state index in [1.807, 2.05) is 84.9 Å². The van der Waals surface area contributed by atoms with E-state index in [1.54, 1.807) is 18.2 Å². The number of anilines is 2. The molecule has 2 aromatic heterocycles. The van der Waals surface area contributed by atoms with Gasteiger partial charge in [-0.1, -0.05) is 72.8 Å². The summed E-state index contributed by atoms with van der Waals surface area (Å²) in [7, 11) is 0. The van der Waals surface area contributed by atoms with Gasteiger partial charge in [0.1, 0.15) is 25.1 Å². The normalized spacial score (nSPS) is 18.4. The van der Waals surface area contributed by atoms with E-state index in [0.29, 0.717) is 55.8 Å². The lowest BCUT2D eigenvalue weighted by Crippen LogP contribution is -2.57. The predicted octanol–water partition coefficient (Wildman–Crippen LogP) is 5.77. The van der Waals surface area contributed by atoms with Gasteiger partial charge in [0, 0.05) is 17.9 Å². The minimum atomic E-state index is -1.45. The molecule has 2 fully saturated rings. The molecule has 2 atom stereocenters. The van der Waals surface area contributed by atoms with Crippen LogP contribution in [0.5, 0.6) is 0 Å². The lowest BCUT2D eigenvalue weighted by Gasteiger charge is -2.26. The van der Waals surface area contributed by atoms with Crippen LogP contribution < -0.4 is 16.0 Å². The smallest absolute Gasteiger partial charge is 0.410 e. The Bertz CT molecular complexity index is 2030. The van der Waals surface area contributed by atoms with Crippen molar-refractivity contribution in [1.82, 2.24) is 20.2 Å². The third-order valence-electron chi connectivity index (χ3n) is 9.28. The molecule has 2 saturated heterocycles. The minimum Gasteiger partial charge on any atom is -0.459 e. The number of likely N-dealkylation sites (tertiary alicyclic amines) is 1. The van der Waals surface area contributed by atoms with Gasteiger partial charge < -0.3 is 25.1 Å². The van der Waals surface area contributed by atoms with Crippen molar-refractivity contribution in [2.75, 3.05) is 23.7 Å². The lowest BCUT2D eigenvalue weighted by atomic mass is 9.96. The highest BCUT2D eigenvalue weighted by atomic mass is 16.6. The zero-order valence-corrected chi connectivity index (χ0v) is 27.9. The molecule has 3 amide bonds. The number of amides is 3. The van der Waals surface area contributed by atoms with Gasteiger partial charge in [-0.25, -0.2) is 14.6 Å². The number of fused-ring (bicyclic) bond motifs is 1. The summed E-state index contributed by atoms with van der Waals surface area (Å²) in [6.45, 7) is 1.21. The number of nitrogens with one attached hydrogen (secondary N) is 4. The van der Waals surface area contributed by atoms with Crippen LogP contribution in [0, 0.1) is 0 Å². The molecule has 7 rings (SSSR count). The van der Waals surface area contributed by atoms with E-state index >= 15 is 0 Å². The van der Waals surface area contributed by atoms with Gasteiger partial charge in [-0.05, 0) is 79.3 Å². The molecular formula is C39H38N6O6. The maximum Gasteiger partial charge on any atom is 0.410 e. The van der Waals surface area contributed by atoms with Gasteiger partial charge >= 0.3 is 12.1 Å². The Labute approximate surface area is 294 Å². The molecule has 0 saturated carbocycles. The van der Waals surface area contributed by atoms with Crippen LogP contribution in [0.3, 0.4) is 0 Å². The third kappa shape index (κ3) is 7.46. The number of esters is 1. The number of ether oxygens (including phenoxy) is 2. The monoisotopic (exact) mass is 686 g/mol. The Morgan fingerprint density at radius 3 is 2.22 bits per heavy atom. The van der Waals surface area contributed by atoms with Crippen molar-refractivity contribution < 1.29 is 28.7 Å². The van der Waals surface area contributed by atoms with Gasteiger partial charge in [0.05, 0.1) is 11.0 Å². The summed E-state index contributed by atoms with van der Waals surface area (Å²) in [6.07, 6.45) is 1.74. The number of carbonyl (C=O) groups excluding carboxylic acids is 4. The number of carbonyl (C=O) groups is 4. The minimum absolute atomic E-state index is 0.0867. The second-order valence-electron chi connectivity index (χ2n) is 12.7. The molecule has 4 heterocycles. The molecule has 260 valence electrons. The van der Waals surface area contributed by atoms with Crippen LogP contribution >= 0.6 is 0 Å². The first-order valence-electron chi connectivity index (χ1n) is 17.0. The van der Waals surface area contributed by atoms with Crippen molar-refractivity contribution in [1.29, 1.82) is 0 Å². The Kier molecular flexibility index (Phi) is 9.75. The fourth-order valence-electron chi connectivity index (χ4n) is 6.52. The van der Waals surface area contributed by atoms with Crippen LogP contribution in [0.15, 0.2) is 103 Å². The summed E-state index contributed by atoms with van der Waals surface area (Å²) in [4.78, 5) is 62.1. The van der Waals surface area contributed by atoms with Gasteiger partial charge in [0.25, 0.3) is 5.91 Å². The van der Waals surface area contributed by atoms with Crippen molar-refractivity contribution in [3.8, 4) is 11.3 Å². The quantitative estimate of drug-likeness (QED) is 0.107. The standard InChI is InChI=1S/C39H38N6O6/c46-35(33-13-7-22-45(33)38(49)51-25-27-11-5-2-6-12-27)44-34-19-18-30-32(43-34)23-31(42-30)28-14-16-29(17-15-28)41-36(47)39(20-8-21-40-39)37(48)50-24-26-9-3-1-4-10-26/h1-6,9-12,14-19,23,33,40,42H,7-8,13,20-22,24-25H2,(H,41,47)(H,43,44,46)/t33-,39-/m0/s1. The highest BCUT2D eigenvalue weighted by Crippen LogP contribution is 2.28. The lowest BCUT2D eigenvalue weighted by molar-refractivity contribution is -0.155. The number of H-pyrrole nitrogens is 1. The summed E-state index contributed by atoms with van der Waals surface area (Å²) in [5, 5.41) is 8.83. The SMILES string of the molecule is O=C(Nc1ccc2[nH]c(-c3ccc(NC(=O)[C@]4(C(=O)OCc5ccccc5)CCCN4)cc3)cc2n1)[C@@H]1CCCN1C(=O)OCc1ccccc1. The summed E-state index contributed by atoms with van der Waals surface area (Å²) in [6, 6.07) is 30.8. The molecular weight excluding hydrogens is 648 g/mol. The zero-order valence-electron chi connectivity index (χ0n) is 27.9. The molecule has 0 radical (unpaired) electrons. The molecule has 3 aromatic carbocycles.